The molecule has 2 aromatic rings. The Balaban J connectivity index is 2.54. The molecule has 2 rings (SSSR count). The van der Waals surface area contributed by atoms with Gasteiger partial charge in [-0.2, -0.15) is 0 Å². The van der Waals surface area contributed by atoms with Gasteiger partial charge in [0.15, 0.2) is 0 Å². The lowest BCUT2D eigenvalue weighted by atomic mass is 10.1. The number of nitrogens with zero attached hydrogens (tertiary/aromatic N) is 2. The Morgan fingerprint density at radius 1 is 1.38 bits per heavy atom. The second-order valence-corrected chi connectivity index (χ2v) is 3.39. The molecule has 0 aliphatic carbocycles. The summed E-state index contributed by atoms with van der Waals surface area (Å²) in [6, 6.07) is 6.04. The Bertz CT molecular complexity index is 519. The summed E-state index contributed by atoms with van der Waals surface area (Å²) in [7, 11) is 1.85. The van der Waals surface area contributed by atoms with Crippen LogP contribution in [0.5, 0.6) is 0 Å². The number of benzene rings is 1. The van der Waals surface area contributed by atoms with E-state index in [1.165, 1.54) is 0 Å². The van der Waals surface area contributed by atoms with Crippen LogP contribution in [0.4, 0.5) is 5.82 Å². The van der Waals surface area contributed by atoms with Crippen LogP contribution in [0.2, 0.25) is 0 Å². The van der Waals surface area contributed by atoms with Gasteiger partial charge in [-0.1, -0.05) is 18.2 Å². The predicted molar refractivity (Wildman–Crippen MR) is 67.2 cm³/mol. The molecule has 4 heteroatoms. The van der Waals surface area contributed by atoms with Gasteiger partial charge in [0.05, 0.1) is 5.52 Å². The minimum absolute atomic E-state index is 0.544. The van der Waals surface area contributed by atoms with Crippen LogP contribution in [0.15, 0.2) is 30.6 Å². The number of fused-ring (bicyclic) bond motifs is 1. The minimum Gasteiger partial charge on any atom is -0.373 e. The Hall–Kier alpha value is -1.94. The third-order valence-electron chi connectivity index (χ3n) is 2.34. The van der Waals surface area contributed by atoms with E-state index in [4.69, 9.17) is 5.73 Å². The summed E-state index contributed by atoms with van der Waals surface area (Å²) >= 11 is 0. The normalized spacial score (nSPS) is 11.1. The summed E-state index contributed by atoms with van der Waals surface area (Å²) in [6.07, 6.45) is 5.47. The van der Waals surface area contributed by atoms with Crippen molar-refractivity contribution in [1.82, 2.24) is 9.97 Å². The van der Waals surface area contributed by atoms with Crippen LogP contribution in [0.3, 0.4) is 0 Å². The lowest BCUT2D eigenvalue weighted by Gasteiger charge is -2.04. The van der Waals surface area contributed by atoms with E-state index in [-0.39, 0.29) is 0 Å². The first-order valence-electron chi connectivity index (χ1n) is 5.14. The van der Waals surface area contributed by atoms with Crippen molar-refractivity contribution in [3.8, 4) is 0 Å². The van der Waals surface area contributed by atoms with Crippen molar-refractivity contribution in [2.24, 2.45) is 5.73 Å². The van der Waals surface area contributed by atoms with E-state index >= 15 is 0 Å². The zero-order valence-corrected chi connectivity index (χ0v) is 9.14. The van der Waals surface area contributed by atoms with Gasteiger partial charge >= 0.3 is 0 Å². The van der Waals surface area contributed by atoms with Gasteiger partial charge in [0.1, 0.15) is 12.1 Å². The molecule has 0 saturated carbocycles. The molecule has 3 N–H and O–H groups in total. The number of aromatic nitrogens is 2. The van der Waals surface area contributed by atoms with Crippen LogP contribution in [-0.2, 0) is 0 Å². The highest BCUT2D eigenvalue weighted by Gasteiger charge is 2.01. The highest BCUT2D eigenvalue weighted by atomic mass is 15.0. The maximum absolute atomic E-state index is 5.42. The Labute approximate surface area is 94.2 Å². The molecule has 0 fully saturated rings. The fourth-order valence-corrected chi connectivity index (χ4v) is 1.58. The number of nitrogens with one attached hydrogen (secondary N) is 1. The van der Waals surface area contributed by atoms with E-state index in [1.54, 1.807) is 6.33 Å². The minimum atomic E-state index is 0.544. The molecule has 4 nitrogen and oxygen atoms in total. The highest BCUT2D eigenvalue weighted by Crippen LogP contribution is 2.20. The number of nitrogens with two attached hydrogens (primary N) is 1. The average molecular weight is 214 g/mol. The molecule has 0 saturated heterocycles. The van der Waals surface area contributed by atoms with Crippen molar-refractivity contribution >= 4 is 22.8 Å². The molecule has 82 valence electrons. The van der Waals surface area contributed by atoms with Crippen molar-refractivity contribution in [2.75, 3.05) is 18.9 Å². The summed E-state index contributed by atoms with van der Waals surface area (Å²) < 4.78 is 0. The quantitative estimate of drug-likeness (QED) is 0.815. The predicted octanol–water partition coefficient (Wildman–Crippen LogP) is 1.64. The molecular weight excluding hydrogens is 200 g/mol. The Kier molecular flexibility index (Phi) is 3.12. The van der Waals surface area contributed by atoms with Crippen LogP contribution in [0.25, 0.3) is 17.0 Å². The Morgan fingerprint density at radius 2 is 2.25 bits per heavy atom. The van der Waals surface area contributed by atoms with E-state index in [2.05, 4.69) is 15.3 Å². The highest BCUT2D eigenvalue weighted by molar-refractivity contribution is 5.90. The number of anilines is 1. The zero-order chi connectivity index (χ0) is 11.4. The molecular formula is C12H14N4. The molecule has 1 aromatic heterocycles. The van der Waals surface area contributed by atoms with Gasteiger partial charge in [-0.3, -0.25) is 0 Å². The molecule has 0 aliphatic rings. The van der Waals surface area contributed by atoms with Gasteiger partial charge in [0.25, 0.3) is 0 Å². The summed E-state index contributed by atoms with van der Waals surface area (Å²) in [5.74, 6) is 0.841. The van der Waals surface area contributed by atoms with Crippen molar-refractivity contribution in [2.45, 2.75) is 0 Å². The van der Waals surface area contributed by atoms with Crippen molar-refractivity contribution in [3.05, 3.63) is 36.2 Å². The maximum atomic E-state index is 5.42. The molecule has 0 amide bonds. The summed E-state index contributed by atoms with van der Waals surface area (Å²) in [4.78, 5) is 8.39. The summed E-state index contributed by atoms with van der Waals surface area (Å²) in [6.45, 7) is 0.544. The van der Waals surface area contributed by atoms with Gasteiger partial charge in [-0.15, -0.1) is 0 Å². The maximum Gasteiger partial charge on any atom is 0.137 e. The van der Waals surface area contributed by atoms with Crippen molar-refractivity contribution in [1.29, 1.82) is 0 Å². The first-order chi connectivity index (χ1) is 7.85. The second kappa shape index (κ2) is 4.72. The number of rotatable bonds is 3. The molecule has 0 unspecified atom stereocenters. The molecule has 0 spiro atoms. The summed E-state index contributed by atoms with van der Waals surface area (Å²) in [5.41, 5.74) is 7.46. The van der Waals surface area contributed by atoms with E-state index < -0.39 is 0 Å². The van der Waals surface area contributed by atoms with Crippen LogP contribution >= 0.6 is 0 Å². The molecule has 0 bridgehead atoms. The zero-order valence-electron chi connectivity index (χ0n) is 9.14. The van der Waals surface area contributed by atoms with Crippen LogP contribution in [0.1, 0.15) is 5.56 Å². The van der Waals surface area contributed by atoms with Gasteiger partial charge in [-0.05, 0) is 17.7 Å². The topological polar surface area (TPSA) is 63.8 Å². The third-order valence-corrected chi connectivity index (χ3v) is 2.34. The van der Waals surface area contributed by atoms with Crippen LogP contribution < -0.4 is 11.1 Å². The van der Waals surface area contributed by atoms with Gasteiger partial charge in [0.2, 0.25) is 0 Å². The third kappa shape index (κ3) is 2.01. The molecule has 0 atom stereocenters. The first kappa shape index (κ1) is 10.6. The molecule has 0 aliphatic heterocycles. The SMILES string of the molecule is CNc1ncnc2ccc(/C=C/CN)cc12. The van der Waals surface area contributed by atoms with E-state index in [0.717, 1.165) is 22.3 Å². The standard InChI is InChI=1S/C12H14N4/c1-14-12-10-7-9(3-2-6-13)4-5-11(10)15-8-16-12/h2-5,7-8H,6,13H2,1H3,(H,14,15,16)/b3-2+. The smallest absolute Gasteiger partial charge is 0.137 e. The van der Waals surface area contributed by atoms with Crippen molar-refractivity contribution in [3.63, 3.8) is 0 Å². The van der Waals surface area contributed by atoms with Crippen molar-refractivity contribution < 1.29 is 0 Å². The number of hydrogen-bond acceptors (Lipinski definition) is 4. The molecule has 1 heterocycles. The van der Waals surface area contributed by atoms with E-state index in [9.17, 15) is 0 Å². The second-order valence-electron chi connectivity index (χ2n) is 3.39. The van der Waals surface area contributed by atoms with Crippen LogP contribution in [0, 0.1) is 0 Å². The molecule has 1 aromatic carbocycles. The lowest BCUT2D eigenvalue weighted by molar-refractivity contribution is 1.21. The largest absolute Gasteiger partial charge is 0.373 e. The Morgan fingerprint density at radius 3 is 3.00 bits per heavy atom. The average Bonchev–Trinajstić information content (AvgIpc) is 2.35. The fraction of sp³-hybridized carbons (Fsp3) is 0.167. The summed E-state index contributed by atoms with van der Waals surface area (Å²) in [5, 5.41) is 4.07. The molecule has 16 heavy (non-hydrogen) atoms. The van der Waals surface area contributed by atoms with E-state index in [0.29, 0.717) is 6.54 Å². The lowest BCUT2D eigenvalue weighted by Crippen LogP contribution is -1.95. The van der Waals surface area contributed by atoms with Crippen LogP contribution in [-0.4, -0.2) is 23.6 Å². The van der Waals surface area contributed by atoms with Gasteiger partial charge in [0, 0.05) is 19.0 Å². The number of hydrogen-bond donors (Lipinski definition) is 2. The fourth-order valence-electron chi connectivity index (χ4n) is 1.58. The molecule has 0 radical (unpaired) electrons. The van der Waals surface area contributed by atoms with Gasteiger partial charge < -0.3 is 11.1 Å². The first-order valence-corrected chi connectivity index (χ1v) is 5.14. The van der Waals surface area contributed by atoms with Gasteiger partial charge in [-0.25, -0.2) is 9.97 Å². The van der Waals surface area contributed by atoms with E-state index in [1.807, 2.05) is 37.4 Å². The monoisotopic (exact) mass is 214 g/mol.